The smallest absolute Gasteiger partial charge is 0.452 e. The molecule has 250 valence electrons. The summed E-state index contributed by atoms with van der Waals surface area (Å²) in [6, 6.07) is 21.1. The third-order valence-corrected chi connectivity index (χ3v) is 8.64. The molecule has 1 N–H and O–H groups in total. The van der Waals surface area contributed by atoms with Gasteiger partial charge in [-0.1, -0.05) is 55.0 Å². The minimum Gasteiger partial charge on any atom is -0.461 e. The molecule has 1 saturated heterocycles. The number of nitrogens with zero attached hydrogens (tertiary/aromatic N) is 3. The first-order valence-electron chi connectivity index (χ1n) is 15.6. The highest BCUT2D eigenvalue weighted by Crippen LogP contribution is 2.37. The zero-order valence-corrected chi connectivity index (χ0v) is 25.7. The number of carbonyl (C=O) groups is 3. The van der Waals surface area contributed by atoms with Crippen LogP contribution >= 0.6 is 0 Å². The van der Waals surface area contributed by atoms with Crippen LogP contribution in [0.3, 0.4) is 0 Å². The van der Waals surface area contributed by atoms with E-state index in [1.54, 1.807) is 23.1 Å². The van der Waals surface area contributed by atoms with Crippen LogP contribution < -0.4 is 10.2 Å². The third kappa shape index (κ3) is 7.19. The Morgan fingerprint density at radius 1 is 0.896 bits per heavy atom. The van der Waals surface area contributed by atoms with E-state index in [2.05, 4.69) is 10.3 Å². The number of hydrogen-bond acceptors (Lipinski definition) is 7. The summed E-state index contributed by atoms with van der Waals surface area (Å²) in [5, 5.41) is 2.17. The molecule has 2 amide bonds. The van der Waals surface area contributed by atoms with Gasteiger partial charge in [0.15, 0.2) is 5.69 Å². The number of ether oxygens (including phenoxy) is 1. The zero-order chi connectivity index (χ0) is 33.8. The van der Waals surface area contributed by atoms with Crippen LogP contribution in [0, 0.1) is 17.7 Å². The summed E-state index contributed by atoms with van der Waals surface area (Å²) in [6.07, 6.45) is -3.06. The molecule has 6 rings (SSSR count). The molecule has 4 aromatic rings. The maximum absolute atomic E-state index is 15.2. The van der Waals surface area contributed by atoms with Crippen molar-refractivity contribution in [2.45, 2.75) is 32.0 Å². The van der Waals surface area contributed by atoms with E-state index in [0.717, 1.165) is 12.0 Å². The fraction of sp³-hybridized carbons (Fsp3) is 0.314. The molecule has 3 aromatic carbocycles. The fourth-order valence-electron chi connectivity index (χ4n) is 6.15. The van der Waals surface area contributed by atoms with Gasteiger partial charge in [-0.15, -0.1) is 0 Å². The van der Waals surface area contributed by atoms with Crippen LogP contribution in [0.1, 0.15) is 41.1 Å². The van der Waals surface area contributed by atoms with Crippen molar-refractivity contribution >= 4 is 29.2 Å². The van der Waals surface area contributed by atoms with Crippen molar-refractivity contribution in [2.75, 3.05) is 36.4 Å². The molecule has 0 unspecified atom stereocenters. The Hall–Kier alpha value is -5.20. The number of halogens is 4. The Morgan fingerprint density at radius 2 is 1.56 bits per heavy atom. The predicted molar refractivity (Wildman–Crippen MR) is 167 cm³/mol. The van der Waals surface area contributed by atoms with Gasteiger partial charge in [-0.3, -0.25) is 14.4 Å². The van der Waals surface area contributed by atoms with Crippen molar-refractivity contribution in [3.8, 4) is 11.5 Å². The second-order valence-corrected chi connectivity index (χ2v) is 11.7. The van der Waals surface area contributed by atoms with Crippen LogP contribution in [0.25, 0.3) is 11.5 Å². The van der Waals surface area contributed by atoms with Gasteiger partial charge in [-0.2, -0.15) is 13.2 Å². The highest BCUT2D eigenvalue weighted by atomic mass is 19.4. The van der Waals surface area contributed by atoms with E-state index < -0.39 is 47.1 Å². The van der Waals surface area contributed by atoms with E-state index in [1.165, 1.54) is 30.3 Å². The van der Waals surface area contributed by atoms with E-state index in [-0.39, 0.29) is 29.7 Å². The normalized spacial score (nSPS) is 18.1. The third-order valence-electron chi connectivity index (χ3n) is 8.64. The summed E-state index contributed by atoms with van der Waals surface area (Å²) in [7, 11) is 0. The van der Waals surface area contributed by atoms with Gasteiger partial charge in [-0.05, 0) is 48.7 Å². The number of anilines is 2. The zero-order valence-electron chi connectivity index (χ0n) is 25.7. The summed E-state index contributed by atoms with van der Waals surface area (Å²) in [4.78, 5) is 46.5. The van der Waals surface area contributed by atoms with Crippen molar-refractivity contribution in [3.05, 3.63) is 102 Å². The van der Waals surface area contributed by atoms with Crippen molar-refractivity contribution in [1.82, 2.24) is 9.88 Å². The Labute approximate surface area is 273 Å². The Balaban J connectivity index is 1.06. The molecule has 9 nitrogen and oxygen atoms in total. The summed E-state index contributed by atoms with van der Waals surface area (Å²) in [5.41, 5.74) is 0.243. The lowest BCUT2D eigenvalue weighted by Crippen LogP contribution is -2.51. The number of benzene rings is 3. The van der Waals surface area contributed by atoms with Crippen LogP contribution in [-0.4, -0.2) is 53.8 Å². The van der Waals surface area contributed by atoms with Gasteiger partial charge in [0.2, 0.25) is 17.6 Å². The van der Waals surface area contributed by atoms with E-state index in [1.807, 2.05) is 35.2 Å². The van der Waals surface area contributed by atoms with Crippen LogP contribution in [0.4, 0.5) is 28.9 Å². The maximum atomic E-state index is 15.2. The second kappa shape index (κ2) is 13.9. The van der Waals surface area contributed by atoms with Gasteiger partial charge in [0.05, 0.1) is 17.5 Å². The largest absolute Gasteiger partial charge is 0.461 e. The van der Waals surface area contributed by atoms with Crippen LogP contribution in [-0.2, 0) is 27.1 Å². The lowest BCUT2D eigenvalue weighted by molar-refractivity contribution is -0.155. The van der Waals surface area contributed by atoms with Crippen LogP contribution in [0.15, 0.2) is 83.3 Å². The number of oxazole rings is 1. The molecule has 0 spiro atoms. The van der Waals surface area contributed by atoms with Crippen molar-refractivity contribution in [2.24, 2.45) is 11.8 Å². The van der Waals surface area contributed by atoms with Gasteiger partial charge < -0.3 is 24.3 Å². The quantitative estimate of drug-likeness (QED) is 0.168. The molecule has 0 radical (unpaired) electrons. The van der Waals surface area contributed by atoms with Gasteiger partial charge in [-0.25, -0.2) is 9.37 Å². The first kappa shape index (κ1) is 32.7. The number of rotatable bonds is 8. The monoisotopic (exact) mass is 664 g/mol. The van der Waals surface area contributed by atoms with Gasteiger partial charge >= 0.3 is 12.1 Å². The van der Waals surface area contributed by atoms with E-state index in [0.29, 0.717) is 44.7 Å². The SMILES string of the molecule is O=C(Nc1ccc(N2CCN(C(=O)[C@H]3CCC[C@@H]3C(=O)OCc3ccccc3)CC2)cc1F)c1nc(-c2ccccc2)oc1C(F)(F)F. The minimum atomic E-state index is -5.01. The predicted octanol–water partition coefficient (Wildman–Crippen LogP) is 6.56. The fourth-order valence-corrected chi connectivity index (χ4v) is 6.15. The molecule has 13 heteroatoms. The van der Waals surface area contributed by atoms with E-state index in [9.17, 15) is 27.6 Å². The standard InChI is InChI=1S/C35H32F4N4O5/c36-27-20-24(14-15-28(27)40-31(44)29-30(35(37,38)39)48-32(41-29)23-10-5-2-6-11-23)42-16-18-43(19-17-42)33(45)25-12-7-13-26(25)34(46)47-21-22-8-3-1-4-9-22/h1-6,8-11,14-15,20,25-26H,7,12-13,16-19,21H2,(H,40,44)/t25-,26-/m0/s1. The first-order chi connectivity index (χ1) is 23.1. The highest BCUT2D eigenvalue weighted by molar-refractivity contribution is 6.04. The van der Waals surface area contributed by atoms with E-state index >= 15 is 4.39 Å². The number of hydrogen-bond donors (Lipinski definition) is 1. The average Bonchev–Trinajstić information content (AvgIpc) is 3.78. The maximum Gasteiger partial charge on any atom is 0.452 e. The number of esters is 1. The van der Waals surface area contributed by atoms with Gasteiger partial charge in [0.25, 0.3) is 5.91 Å². The molecule has 48 heavy (non-hydrogen) atoms. The molecule has 0 bridgehead atoms. The van der Waals surface area contributed by atoms with Gasteiger partial charge in [0.1, 0.15) is 12.4 Å². The second-order valence-electron chi connectivity index (χ2n) is 11.7. The number of nitrogens with one attached hydrogen (secondary N) is 1. The summed E-state index contributed by atoms with van der Waals surface area (Å²) in [6.45, 7) is 1.65. The molecule has 1 aromatic heterocycles. The number of piperazine rings is 1. The number of aromatic nitrogens is 1. The molecule has 1 aliphatic carbocycles. The lowest BCUT2D eigenvalue weighted by atomic mass is 9.94. The van der Waals surface area contributed by atoms with Crippen LogP contribution in [0.2, 0.25) is 0 Å². The van der Waals surface area contributed by atoms with Crippen molar-refractivity contribution in [3.63, 3.8) is 0 Å². The summed E-state index contributed by atoms with van der Waals surface area (Å²) >= 11 is 0. The van der Waals surface area contributed by atoms with E-state index in [4.69, 9.17) is 9.15 Å². The molecular weight excluding hydrogens is 632 g/mol. The number of carbonyl (C=O) groups excluding carboxylic acids is 3. The van der Waals surface area contributed by atoms with Crippen LogP contribution in [0.5, 0.6) is 0 Å². The number of alkyl halides is 3. The average molecular weight is 665 g/mol. The first-order valence-corrected chi connectivity index (χ1v) is 15.6. The molecule has 2 fully saturated rings. The van der Waals surface area contributed by atoms with Crippen molar-refractivity contribution in [1.29, 1.82) is 0 Å². The lowest BCUT2D eigenvalue weighted by Gasteiger charge is -2.37. The highest BCUT2D eigenvalue weighted by Gasteiger charge is 2.43. The molecule has 1 aliphatic heterocycles. The molecule has 2 atom stereocenters. The Kier molecular flexibility index (Phi) is 9.47. The minimum absolute atomic E-state index is 0.0976. The molecule has 2 heterocycles. The van der Waals surface area contributed by atoms with Crippen molar-refractivity contribution < 1.29 is 41.1 Å². The topological polar surface area (TPSA) is 105 Å². The summed E-state index contributed by atoms with van der Waals surface area (Å²) in [5.74, 6) is -5.53. The van der Waals surface area contributed by atoms with Gasteiger partial charge in [0, 0.05) is 37.4 Å². The Morgan fingerprint density at radius 3 is 2.23 bits per heavy atom. The molecular formula is C35H32F4N4O5. The summed E-state index contributed by atoms with van der Waals surface area (Å²) < 4.78 is 66.7. The molecule has 1 saturated carbocycles. The Bertz CT molecular complexity index is 1770. The molecule has 2 aliphatic rings. The number of amides is 2.